The van der Waals surface area contributed by atoms with Gasteiger partial charge in [0.05, 0.1) is 19.1 Å². The molecule has 7 atom stereocenters. The van der Waals surface area contributed by atoms with E-state index in [1.807, 2.05) is 0 Å². The van der Waals surface area contributed by atoms with Crippen molar-refractivity contribution in [2.75, 3.05) is 13.7 Å². The fourth-order valence-corrected chi connectivity index (χ4v) is 5.57. The zero-order valence-corrected chi connectivity index (χ0v) is 12.8. The summed E-state index contributed by atoms with van der Waals surface area (Å²) in [5, 5.41) is 0. The standard InChI is InChI=1S/C17H26O4/c1-19-17(18)15-11-6-10-7-12(9-11)16(13(15)8-10)21-14-4-2-3-5-20-14/h10-16H,2-9H2,1H3/t10-,11-,12-,13-,14+,15+,16+/m0/s1. The van der Waals surface area contributed by atoms with Gasteiger partial charge in [-0.2, -0.15) is 0 Å². The van der Waals surface area contributed by atoms with Gasteiger partial charge in [0, 0.05) is 6.61 Å². The van der Waals surface area contributed by atoms with Crippen LogP contribution in [0.25, 0.3) is 0 Å². The Hall–Kier alpha value is -0.610. The van der Waals surface area contributed by atoms with Gasteiger partial charge in [-0.25, -0.2) is 0 Å². The van der Waals surface area contributed by atoms with Gasteiger partial charge in [0.25, 0.3) is 0 Å². The van der Waals surface area contributed by atoms with E-state index < -0.39 is 0 Å². The van der Waals surface area contributed by atoms with Crippen molar-refractivity contribution in [3.63, 3.8) is 0 Å². The fraction of sp³-hybridized carbons (Fsp3) is 0.941. The van der Waals surface area contributed by atoms with Crippen LogP contribution in [0.4, 0.5) is 0 Å². The summed E-state index contributed by atoms with van der Waals surface area (Å²) < 4.78 is 17.2. The molecule has 1 saturated heterocycles. The summed E-state index contributed by atoms with van der Waals surface area (Å²) in [6.07, 6.45) is 8.31. The third-order valence-corrected chi connectivity index (χ3v) is 6.26. The lowest BCUT2D eigenvalue weighted by Crippen LogP contribution is -2.57. The van der Waals surface area contributed by atoms with E-state index in [1.54, 1.807) is 0 Å². The smallest absolute Gasteiger partial charge is 0.309 e. The van der Waals surface area contributed by atoms with Crippen molar-refractivity contribution in [3.05, 3.63) is 0 Å². The Kier molecular flexibility index (Phi) is 3.70. The Morgan fingerprint density at radius 2 is 1.95 bits per heavy atom. The molecule has 4 aliphatic carbocycles. The minimum atomic E-state index is -0.0421. The van der Waals surface area contributed by atoms with Gasteiger partial charge in [-0.3, -0.25) is 4.79 Å². The molecule has 4 saturated carbocycles. The van der Waals surface area contributed by atoms with Gasteiger partial charge in [0.15, 0.2) is 6.29 Å². The Morgan fingerprint density at radius 3 is 2.71 bits per heavy atom. The fourth-order valence-electron chi connectivity index (χ4n) is 5.57. The molecule has 21 heavy (non-hydrogen) atoms. The molecule has 0 amide bonds. The maximum absolute atomic E-state index is 12.2. The van der Waals surface area contributed by atoms with Gasteiger partial charge < -0.3 is 14.2 Å². The molecule has 4 heteroatoms. The summed E-state index contributed by atoms with van der Waals surface area (Å²) in [7, 11) is 1.52. The van der Waals surface area contributed by atoms with E-state index in [4.69, 9.17) is 14.2 Å². The van der Waals surface area contributed by atoms with Crippen molar-refractivity contribution in [2.45, 2.75) is 57.3 Å². The molecule has 0 unspecified atom stereocenters. The topological polar surface area (TPSA) is 44.8 Å². The first-order chi connectivity index (χ1) is 10.3. The summed E-state index contributed by atoms with van der Waals surface area (Å²) in [4.78, 5) is 12.2. The average molecular weight is 294 g/mol. The molecule has 4 nitrogen and oxygen atoms in total. The first kappa shape index (κ1) is 14.0. The molecule has 0 N–H and O–H groups in total. The third kappa shape index (κ3) is 2.40. The Bertz CT molecular complexity index is 404. The predicted molar refractivity (Wildman–Crippen MR) is 76.4 cm³/mol. The van der Waals surface area contributed by atoms with E-state index >= 15 is 0 Å². The molecule has 4 bridgehead atoms. The van der Waals surface area contributed by atoms with E-state index in [0.29, 0.717) is 17.8 Å². The number of carbonyl (C=O) groups excluding carboxylic acids is 1. The second-order valence-corrected chi connectivity index (χ2v) is 7.44. The number of ether oxygens (including phenoxy) is 3. The highest BCUT2D eigenvalue weighted by Gasteiger charge is 2.57. The van der Waals surface area contributed by atoms with Crippen molar-refractivity contribution in [1.82, 2.24) is 0 Å². The molecule has 5 fully saturated rings. The van der Waals surface area contributed by atoms with Crippen LogP contribution in [0, 0.1) is 29.6 Å². The first-order valence-corrected chi connectivity index (χ1v) is 8.61. The van der Waals surface area contributed by atoms with Crippen molar-refractivity contribution < 1.29 is 19.0 Å². The SMILES string of the molecule is COC(=O)[C@@H]1[C@H]2C[C@H]3C[C@@H](C2)[C@@H](O[C@@H]2CCCCO2)[C@H]1C3. The highest BCUT2D eigenvalue weighted by atomic mass is 16.7. The lowest BCUT2D eigenvalue weighted by molar-refractivity contribution is -0.248. The second-order valence-electron chi connectivity index (χ2n) is 7.44. The van der Waals surface area contributed by atoms with Crippen molar-refractivity contribution in [1.29, 1.82) is 0 Å². The molecular weight excluding hydrogens is 268 g/mol. The van der Waals surface area contributed by atoms with Gasteiger partial charge in [-0.1, -0.05) is 0 Å². The van der Waals surface area contributed by atoms with Crippen LogP contribution in [-0.2, 0) is 19.0 Å². The molecule has 1 heterocycles. The summed E-state index contributed by atoms with van der Waals surface area (Å²) in [6.45, 7) is 0.818. The van der Waals surface area contributed by atoms with Crippen LogP contribution in [0.1, 0.15) is 44.9 Å². The van der Waals surface area contributed by atoms with Gasteiger partial charge in [-0.15, -0.1) is 0 Å². The summed E-state index contributed by atoms with van der Waals surface area (Å²) in [5.74, 6) is 2.40. The molecule has 0 aromatic rings. The monoisotopic (exact) mass is 294 g/mol. The van der Waals surface area contributed by atoms with E-state index in [1.165, 1.54) is 26.4 Å². The first-order valence-electron chi connectivity index (χ1n) is 8.61. The quantitative estimate of drug-likeness (QED) is 0.751. The van der Waals surface area contributed by atoms with Gasteiger partial charge in [-0.05, 0) is 68.6 Å². The molecule has 5 rings (SSSR count). The number of esters is 1. The number of carbonyl (C=O) groups is 1. The Morgan fingerprint density at radius 1 is 1.10 bits per heavy atom. The summed E-state index contributed by atoms with van der Waals surface area (Å²) in [5.41, 5.74) is 0. The van der Waals surface area contributed by atoms with E-state index in [2.05, 4.69) is 0 Å². The molecule has 0 aromatic heterocycles. The maximum Gasteiger partial charge on any atom is 0.309 e. The highest BCUT2D eigenvalue weighted by Crippen LogP contribution is 2.58. The zero-order chi connectivity index (χ0) is 14.4. The number of hydrogen-bond acceptors (Lipinski definition) is 4. The Balaban J connectivity index is 1.51. The maximum atomic E-state index is 12.2. The highest BCUT2D eigenvalue weighted by molar-refractivity contribution is 5.73. The van der Waals surface area contributed by atoms with Crippen LogP contribution in [0.5, 0.6) is 0 Å². The molecular formula is C17H26O4. The normalized spacial score (nSPS) is 48.3. The molecule has 5 aliphatic rings. The largest absolute Gasteiger partial charge is 0.469 e. The van der Waals surface area contributed by atoms with Crippen LogP contribution in [0.15, 0.2) is 0 Å². The lowest BCUT2D eigenvalue weighted by Gasteiger charge is -2.57. The van der Waals surface area contributed by atoms with Crippen molar-refractivity contribution in [3.8, 4) is 0 Å². The number of methoxy groups -OCH3 is 1. The van der Waals surface area contributed by atoms with Crippen LogP contribution < -0.4 is 0 Å². The molecule has 0 spiro atoms. The lowest BCUT2D eigenvalue weighted by atomic mass is 9.50. The van der Waals surface area contributed by atoms with Crippen LogP contribution in [0.2, 0.25) is 0 Å². The molecule has 118 valence electrons. The van der Waals surface area contributed by atoms with Crippen LogP contribution in [-0.4, -0.2) is 32.1 Å². The number of rotatable bonds is 3. The van der Waals surface area contributed by atoms with Crippen molar-refractivity contribution >= 4 is 5.97 Å². The summed E-state index contributed by atoms with van der Waals surface area (Å²) >= 11 is 0. The minimum absolute atomic E-state index is 0.0121. The second kappa shape index (κ2) is 5.54. The number of hydrogen-bond donors (Lipinski definition) is 0. The van der Waals surface area contributed by atoms with E-state index in [-0.39, 0.29) is 24.3 Å². The average Bonchev–Trinajstić information content (AvgIpc) is 2.51. The zero-order valence-electron chi connectivity index (χ0n) is 12.8. The van der Waals surface area contributed by atoms with Crippen LogP contribution >= 0.6 is 0 Å². The van der Waals surface area contributed by atoms with E-state index in [9.17, 15) is 4.79 Å². The van der Waals surface area contributed by atoms with Crippen LogP contribution in [0.3, 0.4) is 0 Å². The predicted octanol–water partition coefficient (Wildman–Crippen LogP) is 2.75. The minimum Gasteiger partial charge on any atom is -0.469 e. The van der Waals surface area contributed by atoms with Gasteiger partial charge in [0.2, 0.25) is 0 Å². The third-order valence-electron chi connectivity index (χ3n) is 6.26. The van der Waals surface area contributed by atoms with E-state index in [0.717, 1.165) is 38.2 Å². The molecule has 0 aromatic carbocycles. The summed E-state index contributed by atoms with van der Waals surface area (Å²) in [6, 6.07) is 0. The van der Waals surface area contributed by atoms with Gasteiger partial charge in [0.1, 0.15) is 0 Å². The molecule has 0 radical (unpaired) electrons. The van der Waals surface area contributed by atoms with Crippen molar-refractivity contribution in [2.24, 2.45) is 29.6 Å². The molecule has 1 aliphatic heterocycles. The Labute approximate surface area is 126 Å². The van der Waals surface area contributed by atoms with Gasteiger partial charge >= 0.3 is 5.97 Å².